The van der Waals surface area contributed by atoms with Gasteiger partial charge >= 0.3 is 0 Å². The van der Waals surface area contributed by atoms with Crippen LogP contribution < -0.4 is 4.72 Å². The summed E-state index contributed by atoms with van der Waals surface area (Å²) < 4.78 is 32.2. The summed E-state index contributed by atoms with van der Waals surface area (Å²) in [4.78, 5) is 0. The van der Waals surface area contributed by atoms with E-state index in [-0.39, 0.29) is 12.3 Å². The van der Waals surface area contributed by atoms with Crippen LogP contribution in [0.1, 0.15) is 28.2 Å². The lowest BCUT2D eigenvalue weighted by molar-refractivity contribution is 0.500. The van der Waals surface area contributed by atoms with Crippen LogP contribution in [0.5, 0.6) is 0 Å². The van der Waals surface area contributed by atoms with Gasteiger partial charge in [0.05, 0.1) is 5.75 Å². The first-order chi connectivity index (χ1) is 9.37. The number of sulfonamides is 1. The molecule has 20 heavy (non-hydrogen) atoms. The van der Waals surface area contributed by atoms with Gasteiger partial charge in [-0.25, -0.2) is 13.1 Å². The Labute approximate surface area is 119 Å². The van der Waals surface area contributed by atoms with Crippen LogP contribution in [0.3, 0.4) is 0 Å². The van der Waals surface area contributed by atoms with Crippen molar-refractivity contribution in [2.75, 3.05) is 0 Å². The van der Waals surface area contributed by atoms with Gasteiger partial charge in [-0.3, -0.25) is 0 Å². The average molecular weight is 293 g/mol. The molecule has 1 heterocycles. The van der Waals surface area contributed by atoms with E-state index < -0.39 is 10.0 Å². The van der Waals surface area contributed by atoms with E-state index in [1.807, 2.05) is 51.1 Å². The summed E-state index contributed by atoms with van der Waals surface area (Å²) in [6, 6.07) is 9.35. The number of rotatable bonds is 5. The summed E-state index contributed by atoms with van der Waals surface area (Å²) in [6.07, 6.45) is 0. The standard InChI is InChI=1S/C15H19NO3S/c1-11-6-4-5-7-14(11)10-20(17,18)16-9-15-8-12(2)19-13(15)3/h4-8,16H,9-10H2,1-3H3. The first-order valence-corrected chi connectivity index (χ1v) is 8.10. The lowest BCUT2D eigenvalue weighted by atomic mass is 10.1. The Morgan fingerprint density at radius 2 is 1.80 bits per heavy atom. The smallest absolute Gasteiger partial charge is 0.216 e. The first kappa shape index (κ1) is 14.8. The molecule has 0 atom stereocenters. The number of hydrogen-bond donors (Lipinski definition) is 1. The fourth-order valence-electron chi connectivity index (χ4n) is 2.07. The summed E-state index contributed by atoms with van der Waals surface area (Å²) in [5.74, 6) is 1.53. The van der Waals surface area contributed by atoms with Crippen LogP contribution in [0.25, 0.3) is 0 Å². The maximum absolute atomic E-state index is 12.1. The number of furan rings is 1. The van der Waals surface area contributed by atoms with Gasteiger partial charge in [0.2, 0.25) is 10.0 Å². The Balaban J connectivity index is 2.05. The zero-order valence-electron chi connectivity index (χ0n) is 11.9. The van der Waals surface area contributed by atoms with Crippen LogP contribution >= 0.6 is 0 Å². The van der Waals surface area contributed by atoms with Crippen molar-refractivity contribution < 1.29 is 12.8 Å². The number of hydrogen-bond acceptors (Lipinski definition) is 3. The molecule has 0 saturated carbocycles. The Morgan fingerprint density at radius 1 is 1.10 bits per heavy atom. The van der Waals surface area contributed by atoms with Crippen molar-refractivity contribution in [1.82, 2.24) is 4.72 Å². The second-order valence-corrected chi connectivity index (χ2v) is 6.75. The van der Waals surface area contributed by atoms with Crippen molar-refractivity contribution in [2.24, 2.45) is 0 Å². The molecule has 0 amide bonds. The van der Waals surface area contributed by atoms with E-state index in [2.05, 4.69) is 4.72 Å². The largest absolute Gasteiger partial charge is 0.466 e. The molecule has 0 aliphatic rings. The molecule has 1 aromatic carbocycles. The van der Waals surface area contributed by atoms with Gasteiger partial charge in [0.1, 0.15) is 11.5 Å². The van der Waals surface area contributed by atoms with Gasteiger partial charge in [-0.1, -0.05) is 24.3 Å². The van der Waals surface area contributed by atoms with E-state index >= 15 is 0 Å². The van der Waals surface area contributed by atoms with Gasteiger partial charge in [0.25, 0.3) is 0 Å². The third kappa shape index (κ3) is 3.71. The molecule has 2 aromatic rings. The second-order valence-electron chi connectivity index (χ2n) is 4.95. The van der Waals surface area contributed by atoms with E-state index in [1.165, 1.54) is 0 Å². The normalized spacial score (nSPS) is 11.8. The average Bonchev–Trinajstić information content (AvgIpc) is 2.68. The van der Waals surface area contributed by atoms with Crippen LogP contribution in [0.15, 0.2) is 34.7 Å². The van der Waals surface area contributed by atoms with E-state index in [4.69, 9.17) is 4.42 Å². The molecule has 1 aromatic heterocycles. The van der Waals surface area contributed by atoms with E-state index in [9.17, 15) is 8.42 Å². The molecule has 108 valence electrons. The fourth-order valence-corrected chi connectivity index (χ4v) is 3.29. The predicted octanol–water partition coefficient (Wildman–Crippen LogP) is 2.82. The summed E-state index contributed by atoms with van der Waals surface area (Å²) in [6.45, 7) is 5.85. The minimum atomic E-state index is -3.35. The van der Waals surface area contributed by atoms with E-state index in [0.29, 0.717) is 0 Å². The summed E-state index contributed by atoms with van der Waals surface area (Å²) in [5, 5.41) is 0. The maximum atomic E-state index is 12.1. The number of nitrogens with one attached hydrogen (secondary N) is 1. The van der Waals surface area contributed by atoms with E-state index in [1.54, 1.807) is 0 Å². The van der Waals surface area contributed by atoms with Crippen LogP contribution in [0.2, 0.25) is 0 Å². The van der Waals surface area contributed by atoms with Gasteiger partial charge in [-0.05, 0) is 38.0 Å². The molecule has 0 saturated heterocycles. The van der Waals surface area contributed by atoms with Gasteiger partial charge < -0.3 is 4.42 Å². The van der Waals surface area contributed by atoms with Crippen molar-refractivity contribution in [3.8, 4) is 0 Å². The highest BCUT2D eigenvalue weighted by atomic mass is 32.2. The molecule has 0 aliphatic carbocycles. The Bertz CT molecular complexity index is 702. The highest BCUT2D eigenvalue weighted by Gasteiger charge is 2.14. The minimum absolute atomic E-state index is 0.00441. The highest BCUT2D eigenvalue weighted by Crippen LogP contribution is 2.15. The molecule has 0 bridgehead atoms. The third-order valence-electron chi connectivity index (χ3n) is 3.23. The van der Waals surface area contributed by atoms with Crippen molar-refractivity contribution in [3.05, 3.63) is 58.5 Å². The van der Waals surface area contributed by atoms with E-state index in [0.717, 1.165) is 28.2 Å². The van der Waals surface area contributed by atoms with Gasteiger partial charge in [-0.2, -0.15) is 0 Å². The minimum Gasteiger partial charge on any atom is -0.466 e. The van der Waals surface area contributed by atoms with Gasteiger partial charge in [-0.15, -0.1) is 0 Å². The number of aryl methyl sites for hydroxylation is 3. The lowest BCUT2D eigenvalue weighted by Gasteiger charge is -2.08. The third-order valence-corrected chi connectivity index (χ3v) is 4.51. The monoisotopic (exact) mass is 293 g/mol. The summed E-state index contributed by atoms with van der Waals surface area (Å²) in [5.41, 5.74) is 2.67. The lowest BCUT2D eigenvalue weighted by Crippen LogP contribution is -2.25. The Hall–Kier alpha value is -1.59. The quantitative estimate of drug-likeness (QED) is 0.922. The van der Waals surface area contributed by atoms with Crippen molar-refractivity contribution in [2.45, 2.75) is 33.1 Å². The number of benzene rings is 1. The van der Waals surface area contributed by atoms with Gasteiger partial charge in [0.15, 0.2) is 0 Å². The zero-order chi connectivity index (χ0) is 14.8. The molecular weight excluding hydrogens is 274 g/mol. The molecule has 0 radical (unpaired) electrons. The molecule has 0 aliphatic heterocycles. The first-order valence-electron chi connectivity index (χ1n) is 6.45. The second kappa shape index (κ2) is 5.81. The maximum Gasteiger partial charge on any atom is 0.216 e. The fraction of sp³-hybridized carbons (Fsp3) is 0.333. The van der Waals surface area contributed by atoms with Crippen LogP contribution in [-0.2, 0) is 22.3 Å². The molecule has 2 rings (SSSR count). The molecule has 5 heteroatoms. The molecule has 0 spiro atoms. The van der Waals surface area contributed by atoms with Crippen LogP contribution in [0.4, 0.5) is 0 Å². The predicted molar refractivity (Wildman–Crippen MR) is 78.8 cm³/mol. The topological polar surface area (TPSA) is 59.3 Å². The summed E-state index contributed by atoms with van der Waals surface area (Å²) in [7, 11) is -3.35. The Kier molecular flexibility index (Phi) is 4.30. The van der Waals surface area contributed by atoms with Crippen molar-refractivity contribution in [1.29, 1.82) is 0 Å². The van der Waals surface area contributed by atoms with Crippen molar-refractivity contribution in [3.63, 3.8) is 0 Å². The van der Waals surface area contributed by atoms with Crippen LogP contribution in [0, 0.1) is 20.8 Å². The SMILES string of the molecule is Cc1cc(CNS(=O)(=O)Cc2ccccc2C)c(C)o1. The molecule has 1 N–H and O–H groups in total. The molecule has 4 nitrogen and oxygen atoms in total. The van der Waals surface area contributed by atoms with Crippen molar-refractivity contribution >= 4 is 10.0 Å². The molecular formula is C15H19NO3S. The summed E-state index contributed by atoms with van der Waals surface area (Å²) >= 11 is 0. The van der Waals surface area contributed by atoms with Gasteiger partial charge in [0, 0.05) is 12.1 Å². The Morgan fingerprint density at radius 3 is 2.40 bits per heavy atom. The molecule has 0 unspecified atom stereocenters. The molecule has 0 fully saturated rings. The highest BCUT2D eigenvalue weighted by molar-refractivity contribution is 7.88. The zero-order valence-corrected chi connectivity index (χ0v) is 12.8. The van der Waals surface area contributed by atoms with Crippen LogP contribution in [-0.4, -0.2) is 8.42 Å².